The third kappa shape index (κ3) is 4.18. The molecule has 1 rings (SSSR count). The number of hydrogen-bond acceptors (Lipinski definition) is 2. The zero-order chi connectivity index (χ0) is 14.3. The lowest BCUT2D eigenvalue weighted by Gasteiger charge is -2.16. The lowest BCUT2D eigenvalue weighted by molar-refractivity contribution is 0.340. The molecule has 1 atom stereocenters. The van der Waals surface area contributed by atoms with Gasteiger partial charge in [0.05, 0.1) is 4.47 Å². The van der Waals surface area contributed by atoms with Crippen molar-refractivity contribution < 1.29 is 9.47 Å². The molecule has 0 aromatic heterocycles. The second-order valence-electron chi connectivity index (χ2n) is 3.91. The van der Waals surface area contributed by atoms with Gasteiger partial charge in [-0.3, -0.25) is 0 Å². The van der Waals surface area contributed by atoms with Crippen molar-refractivity contribution in [3.05, 3.63) is 47.5 Å². The maximum absolute atomic E-state index is 5.64. The largest absolute Gasteiger partial charge is 0.489 e. The summed E-state index contributed by atoms with van der Waals surface area (Å²) in [6, 6.07) is 3.77. The smallest absolute Gasteiger partial charge is 0.137 e. The summed E-state index contributed by atoms with van der Waals surface area (Å²) in [4.78, 5) is 0. The van der Waals surface area contributed by atoms with Gasteiger partial charge in [0.25, 0.3) is 0 Å². The van der Waals surface area contributed by atoms with E-state index in [9.17, 15) is 0 Å². The minimum Gasteiger partial charge on any atom is -0.489 e. The molecule has 2 nitrogen and oxygen atoms in total. The number of terminal acetylenes is 1. The fraction of sp³-hybridized carbons (Fsp3) is 0.250. The maximum atomic E-state index is 5.64. The molecule has 3 heteroatoms. The first-order valence-corrected chi connectivity index (χ1v) is 6.70. The second kappa shape index (κ2) is 7.70. The fourth-order valence-electron chi connectivity index (χ4n) is 1.51. The lowest BCUT2D eigenvalue weighted by Crippen LogP contribution is -2.02. The Balaban J connectivity index is 3.16. The molecule has 1 unspecified atom stereocenters. The molecule has 0 fully saturated rings. The molecule has 0 aliphatic rings. The van der Waals surface area contributed by atoms with Crippen LogP contribution >= 0.6 is 15.9 Å². The molecule has 0 radical (unpaired) electrons. The van der Waals surface area contributed by atoms with Gasteiger partial charge in [0, 0.05) is 17.5 Å². The third-order valence-electron chi connectivity index (χ3n) is 2.49. The predicted octanol–water partition coefficient (Wildman–Crippen LogP) is 4.32. The van der Waals surface area contributed by atoms with Crippen molar-refractivity contribution >= 4 is 15.9 Å². The van der Waals surface area contributed by atoms with Crippen LogP contribution in [0.15, 0.2) is 41.9 Å². The van der Waals surface area contributed by atoms with E-state index in [0.29, 0.717) is 24.7 Å². The molecule has 0 aliphatic carbocycles. The lowest BCUT2D eigenvalue weighted by atomic mass is 10.0. The number of halogens is 1. The Bertz CT molecular complexity index is 500. The number of hydrogen-bond donors (Lipinski definition) is 0. The van der Waals surface area contributed by atoms with Gasteiger partial charge in [0.1, 0.15) is 24.7 Å². The highest BCUT2D eigenvalue weighted by Gasteiger charge is 2.14. The zero-order valence-corrected chi connectivity index (χ0v) is 12.6. The van der Waals surface area contributed by atoms with Crippen LogP contribution in [0.2, 0.25) is 0 Å². The summed E-state index contributed by atoms with van der Waals surface area (Å²) < 4.78 is 12.0. The summed E-state index contributed by atoms with van der Waals surface area (Å²) >= 11 is 3.47. The van der Waals surface area contributed by atoms with Crippen molar-refractivity contribution in [1.82, 2.24) is 0 Å². The molecule has 100 valence electrons. The van der Waals surface area contributed by atoms with Crippen LogP contribution in [0.3, 0.4) is 0 Å². The maximum Gasteiger partial charge on any atom is 0.137 e. The summed E-state index contributed by atoms with van der Waals surface area (Å²) in [5.74, 6) is 4.08. The van der Waals surface area contributed by atoms with Crippen LogP contribution in [-0.4, -0.2) is 13.2 Å². The van der Waals surface area contributed by atoms with Gasteiger partial charge >= 0.3 is 0 Å². The van der Waals surface area contributed by atoms with E-state index in [0.717, 1.165) is 10.0 Å². The van der Waals surface area contributed by atoms with Crippen molar-refractivity contribution in [3.63, 3.8) is 0 Å². The molecule has 0 saturated heterocycles. The molecule has 0 spiro atoms. The highest BCUT2D eigenvalue weighted by molar-refractivity contribution is 9.10. The van der Waals surface area contributed by atoms with Crippen LogP contribution in [0.5, 0.6) is 11.5 Å². The SMILES string of the molecule is C#CC(C)c1cc(Br)c(OCC=C)cc1OCC=C. The fourth-order valence-corrected chi connectivity index (χ4v) is 1.99. The first-order valence-electron chi connectivity index (χ1n) is 5.91. The van der Waals surface area contributed by atoms with Crippen molar-refractivity contribution in [2.75, 3.05) is 13.2 Å². The molecule has 0 bridgehead atoms. The van der Waals surface area contributed by atoms with E-state index in [1.165, 1.54) is 0 Å². The van der Waals surface area contributed by atoms with E-state index in [-0.39, 0.29) is 5.92 Å². The standard InChI is InChI=1S/C16H17BrO2/c1-5-8-18-15-11-16(19-9-6-2)14(17)10-13(15)12(4)7-3/h3,5-6,10-12H,1-2,8-9H2,4H3. The monoisotopic (exact) mass is 320 g/mol. The minimum atomic E-state index is -0.0374. The normalized spacial score (nSPS) is 11.2. The van der Waals surface area contributed by atoms with Gasteiger partial charge in [-0.15, -0.1) is 6.42 Å². The Labute approximate surface area is 123 Å². The second-order valence-corrected chi connectivity index (χ2v) is 4.76. The Morgan fingerprint density at radius 3 is 2.37 bits per heavy atom. The van der Waals surface area contributed by atoms with Gasteiger partial charge in [0.2, 0.25) is 0 Å². The average molecular weight is 321 g/mol. The van der Waals surface area contributed by atoms with Gasteiger partial charge in [-0.05, 0) is 28.9 Å². The summed E-state index contributed by atoms with van der Waals surface area (Å²) in [6.07, 6.45) is 8.86. The van der Waals surface area contributed by atoms with Crippen molar-refractivity contribution in [1.29, 1.82) is 0 Å². The molecule has 0 heterocycles. The first kappa shape index (κ1) is 15.4. The molecular formula is C16H17BrO2. The zero-order valence-electron chi connectivity index (χ0n) is 11.0. The van der Waals surface area contributed by atoms with Crippen molar-refractivity contribution in [2.24, 2.45) is 0 Å². The topological polar surface area (TPSA) is 18.5 Å². The van der Waals surface area contributed by atoms with Gasteiger partial charge in [-0.25, -0.2) is 0 Å². The molecule has 0 aliphatic heterocycles. The molecule has 0 saturated carbocycles. The molecule has 0 amide bonds. The van der Waals surface area contributed by atoms with Gasteiger partial charge in [-0.1, -0.05) is 31.2 Å². The van der Waals surface area contributed by atoms with Crippen molar-refractivity contribution in [2.45, 2.75) is 12.8 Å². The predicted molar refractivity (Wildman–Crippen MR) is 82.8 cm³/mol. The number of ether oxygens (including phenoxy) is 2. The summed E-state index contributed by atoms with van der Waals surface area (Å²) in [6.45, 7) is 10.1. The highest BCUT2D eigenvalue weighted by Crippen LogP contribution is 2.36. The number of rotatable bonds is 7. The number of benzene rings is 1. The van der Waals surface area contributed by atoms with Crippen LogP contribution in [0, 0.1) is 12.3 Å². The summed E-state index contributed by atoms with van der Waals surface area (Å²) in [7, 11) is 0. The van der Waals surface area contributed by atoms with Crippen molar-refractivity contribution in [3.8, 4) is 23.8 Å². The van der Waals surface area contributed by atoms with E-state index in [1.807, 2.05) is 19.1 Å². The molecule has 1 aromatic carbocycles. The van der Waals surface area contributed by atoms with Gasteiger partial charge in [-0.2, -0.15) is 0 Å². The molecule has 1 aromatic rings. The summed E-state index contributed by atoms with van der Waals surface area (Å²) in [5, 5.41) is 0. The van der Waals surface area contributed by atoms with Gasteiger partial charge in [0.15, 0.2) is 0 Å². The average Bonchev–Trinajstić information content (AvgIpc) is 2.43. The van der Waals surface area contributed by atoms with E-state index < -0.39 is 0 Å². The van der Waals surface area contributed by atoms with Crippen LogP contribution in [0.25, 0.3) is 0 Å². The van der Waals surface area contributed by atoms with Crippen LogP contribution in [-0.2, 0) is 0 Å². The van der Waals surface area contributed by atoms with Crippen LogP contribution in [0.4, 0.5) is 0 Å². The molecule has 19 heavy (non-hydrogen) atoms. The quantitative estimate of drug-likeness (QED) is 0.550. The van der Waals surface area contributed by atoms with E-state index in [4.69, 9.17) is 15.9 Å². The van der Waals surface area contributed by atoms with Gasteiger partial charge < -0.3 is 9.47 Å². The van der Waals surface area contributed by atoms with E-state index in [2.05, 4.69) is 35.0 Å². The molecular weight excluding hydrogens is 304 g/mol. The Morgan fingerprint density at radius 2 is 1.84 bits per heavy atom. The van der Waals surface area contributed by atoms with Crippen LogP contribution in [0.1, 0.15) is 18.4 Å². The third-order valence-corrected chi connectivity index (χ3v) is 3.11. The Morgan fingerprint density at radius 1 is 1.26 bits per heavy atom. The Kier molecular flexibility index (Phi) is 6.24. The van der Waals surface area contributed by atoms with E-state index in [1.54, 1.807) is 12.2 Å². The molecule has 0 N–H and O–H groups in total. The Hall–Kier alpha value is -1.66. The summed E-state index contributed by atoms with van der Waals surface area (Å²) in [5.41, 5.74) is 0.946. The van der Waals surface area contributed by atoms with E-state index >= 15 is 0 Å². The highest BCUT2D eigenvalue weighted by atomic mass is 79.9. The first-order chi connectivity index (χ1) is 9.13. The van der Waals surface area contributed by atoms with Crippen LogP contribution < -0.4 is 9.47 Å². The minimum absolute atomic E-state index is 0.0374.